The maximum Gasteiger partial charge on any atom is 0.407 e. The standard InChI is InChI=1S/C27H37N7O6/c1-18(28)24(35)39-14-8-13-30-26(37)40-16-20-11-7-12-22-32-33-23(34(20)22)21(31-25(36)27(2,3)29)17-38-15-19-9-5-4-6-10-19/h4-7,9-12,18,21H,8,13-17,28-29H2,1-3H3,(H,30,37)(H,31,36)/t18-,21+/m0/s1. The summed E-state index contributed by atoms with van der Waals surface area (Å²) in [5.74, 6) is -0.496. The molecule has 6 N–H and O–H groups in total. The van der Waals surface area contributed by atoms with Crippen LogP contribution in [-0.2, 0) is 37.0 Å². The second-order valence-corrected chi connectivity index (χ2v) is 9.83. The molecule has 13 nitrogen and oxygen atoms in total. The number of nitrogens with zero attached hydrogens (tertiary/aromatic N) is 3. The predicted molar refractivity (Wildman–Crippen MR) is 146 cm³/mol. The summed E-state index contributed by atoms with van der Waals surface area (Å²) in [5.41, 5.74) is 12.4. The first-order valence-electron chi connectivity index (χ1n) is 12.9. The molecule has 0 saturated carbocycles. The smallest absolute Gasteiger partial charge is 0.407 e. The number of aromatic nitrogens is 3. The quantitative estimate of drug-likeness (QED) is 0.167. The summed E-state index contributed by atoms with van der Waals surface area (Å²) in [7, 11) is 0. The van der Waals surface area contributed by atoms with Crippen LogP contribution < -0.4 is 22.1 Å². The summed E-state index contributed by atoms with van der Waals surface area (Å²) >= 11 is 0. The molecule has 40 heavy (non-hydrogen) atoms. The summed E-state index contributed by atoms with van der Waals surface area (Å²) < 4.78 is 18.0. The molecule has 0 unspecified atom stereocenters. The topological polar surface area (TPSA) is 185 Å². The maximum atomic E-state index is 12.8. The third kappa shape index (κ3) is 9.00. The van der Waals surface area contributed by atoms with Gasteiger partial charge in [-0.1, -0.05) is 36.4 Å². The zero-order valence-corrected chi connectivity index (χ0v) is 23.0. The Morgan fingerprint density at radius 1 is 1.02 bits per heavy atom. The van der Waals surface area contributed by atoms with E-state index in [1.165, 1.54) is 6.92 Å². The van der Waals surface area contributed by atoms with Crippen molar-refractivity contribution in [3.05, 3.63) is 65.6 Å². The highest BCUT2D eigenvalue weighted by Crippen LogP contribution is 2.18. The summed E-state index contributed by atoms with van der Waals surface area (Å²) in [6.45, 7) is 5.45. The molecule has 1 aromatic carbocycles. The van der Waals surface area contributed by atoms with Gasteiger partial charge in [-0.2, -0.15) is 0 Å². The number of ether oxygens (including phenoxy) is 3. The fraction of sp³-hybridized carbons (Fsp3) is 0.444. The van der Waals surface area contributed by atoms with Gasteiger partial charge in [0.05, 0.1) is 31.1 Å². The van der Waals surface area contributed by atoms with Crippen LogP contribution >= 0.6 is 0 Å². The molecule has 2 heterocycles. The number of benzene rings is 1. The van der Waals surface area contributed by atoms with E-state index in [0.29, 0.717) is 30.2 Å². The first-order valence-corrected chi connectivity index (χ1v) is 12.9. The van der Waals surface area contributed by atoms with Crippen LogP contribution in [0.3, 0.4) is 0 Å². The molecule has 2 atom stereocenters. The number of rotatable bonds is 14. The van der Waals surface area contributed by atoms with Crippen molar-refractivity contribution in [2.24, 2.45) is 11.5 Å². The lowest BCUT2D eigenvalue weighted by Gasteiger charge is -2.24. The molecule has 0 aliphatic rings. The molecule has 3 aromatic rings. The second-order valence-electron chi connectivity index (χ2n) is 9.83. The summed E-state index contributed by atoms with van der Waals surface area (Å²) in [5, 5.41) is 14.1. The maximum absolute atomic E-state index is 12.8. The molecule has 0 saturated heterocycles. The summed E-state index contributed by atoms with van der Waals surface area (Å²) in [6, 6.07) is 13.5. The van der Waals surface area contributed by atoms with Gasteiger partial charge in [-0.3, -0.25) is 14.0 Å². The van der Waals surface area contributed by atoms with Crippen molar-refractivity contribution in [1.82, 2.24) is 25.2 Å². The number of nitrogens with one attached hydrogen (secondary N) is 2. The van der Waals surface area contributed by atoms with Crippen LogP contribution in [0, 0.1) is 0 Å². The van der Waals surface area contributed by atoms with Gasteiger partial charge in [0.25, 0.3) is 0 Å². The van der Waals surface area contributed by atoms with E-state index in [9.17, 15) is 14.4 Å². The summed E-state index contributed by atoms with van der Waals surface area (Å²) in [4.78, 5) is 36.4. The second kappa shape index (κ2) is 14.4. The van der Waals surface area contributed by atoms with Crippen molar-refractivity contribution in [1.29, 1.82) is 0 Å². The monoisotopic (exact) mass is 555 g/mol. The van der Waals surface area contributed by atoms with Gasteiger partial charge in [-0.05, 0) is 44.9 Å². The third-order valence-electron chi connectivity index (χ3n) is 5.69. The lowest BCUT2D eigenvalue weighted by Crippen LogP contribution is -2.51. The van der Waals surface area contributed by atoms with Gasteiger partial charge in [0.1, 0.15) is 18.7 Å². The minimum atomic E-state index is -1.14. The Morgan fingerprint density at radius 2 is 1.77 bits per heavy atom. The van der Waals surface area contributed by atoms with Crippen LogP contribution in [0.1, 0.15) is 50.3 Å². The van der Waals surface area contributed by atoms with Crippen LogP contribution in [0.25, 0.3) is 5.65 Å². The minimum Gasteiger partial charge on any atom is -0.464 e. The Balaban J connectivity index is 1.68. The van der Waals surface area contributed by atoms with E-state index in [-0.39, 0.29) is 26.4 Å². The fourth-order valence-electron chi connectivity index (χ4n) is 3.52. The van der Waals surface area contributed by atoms with E-state index in [4.69, 9.17) is 25.7 Å². The number of carbonyl (C=O) groups excluding carboxylic acids is 3. The highest BCUT2D eigenvalue weighted by Gasteiger charge is 2.28. The zero-order valence-electron chi connectivity index (χ0n) is 23.0. The molecule has 0 aliphatic carbocycles. The number of esters is 1. The lowest BCUT2D eigenvalue weighted by molar-refractivity contribution is -0.144. The molecule has 0 spiro atoms. The van der Waals surface area contributed by atoms with Crippen LogP contribution in [-0.4, -0.2) is 63.9 Å². The Kier molecular flexibility index (Phi) is 10.9. The molecule has 2 amide bonds. The molecule has 2 aromatic heterocycles. The van der Waals surface area contributed by atoms with Gasteiger partial charge in [0.2, 0.25) is 5.91 Å². The van der Waals surface area contributed by atoms with Crippen LogP contribution in [0.15, 0.2) is 48.5 Å². The van der Waals surface area contributed by atoms with E-state index >= 15 is 0 Å². The third-order valence-corrected chi connectivity index (χ3v) is 5.69. The number of carbonyl (C=O) groups is 3. The molecule has 0 fully saturated rings. The average molecular weight is 556 g/mol. The van der Waals surface area contributed by atoms with Crippen molar-refractivity contribution in [3.63, 3.8) is 0 Å². The van der Waals surface area contributed by atoms with Gasteiger partial charge in [-0.15, -0.1) is 10.2 Å². The van der Waals surface area contributed by atoms with E-state index in [1.807, 2.05) is 30.3 Å². The first-order chi connectivity index (χ1) is 19.1. The van der Waals surface area contributed by atoms with E-state index < -0.39 is 35.6 Å². The molecular weight excluding hydrogens is 518 g/mol. The van der Waals surface area contributed by atoms with Crippen molar-refractivity contribution in [2.75, 3.05) is 19.8 Å². The van der Waals surface area contributed by atoms with Crippen molar-refractivity contribution < 1.29 is 28.6 Å². The zero-order chi connectivity index (χ0) is 29.1. The SMILES string of the molecule is C[C@H](N)C(=O)OCCCNC(=O)OCc1cccc2nnc([C@@H](COCc3ccccc3)NC(=O)C(C)(C)N)n12. The Hall–Kier alpha value is -4.07. The Morgan fingerprint density at radius 3 is 2.48 bits per heavy atom. The van der Waals surface area contributed by atoms with Gasteiger partial charge in [0.15, 0.2) is 11.5 Å². The number of amides is 2. The molecule has 0 radical (unpaired) electrons. The Bertz CT molecular complexity index is 1270. The molecule has 3 rings (SSSR count). The van der Waals surface area contributed by atoms with Crippen molar-refractivity contribution in [3.8, 4) is 0 Å². The van der Waals surface area contributed by atoms with Gasteiger partial charge >= 0.3 is 12.1 Å². The number of fused-ring (bicyclic) bond motifs is 1. The lowest BCUT2D eigenvalue weighted by atomic mass is 10.1. The molecule has 0 bridgehead atoms. The highest BCUT2D eigenvalue weighted by atomic mass is 16.5. The number of nitrogens with two attached hydrogens (primary N) is 2. The van der Waals surface area contributed by atoms with Crippen molar-refractivity contribution in [2.45, 2.75) is 58.0 Å². The Labute approximate surface area is 232 Å². The van der Waals surface area contributed by atoms with Gasteiger partial charge in [0, 0.05) is 6.54 Å². The first kappa shape index (κ1) is 30.5. The molecule has 13 heteroatoms. The normalized spacial score (nSPS) is 12.9. The van der Waals surface area contributed by atoms with E-state index in [2.05, 4.69) is 20.8 Å². The van der Waals surface area contributed by atoms with Gasteiger partial charge < -0.3 is 36.3 Å². The largest absolute Gasteiger partial charge is 0.464 e. The predicted octanol–water partition coefficient (Wildman–Crippen LogP) is 1.35. The minimum absolute atomic E-state index is 0.0954. The van der Waals surface area contributed by atoms with Crippen LogP contribution in [0.4, 0.5) is 4.79 Å². The molecule has 0 aliphatic heterocycles. The number of hydrogen-bond acceptors (Lipinski definition) is 10. The summed E-state index contributed by atoms with van der Waals surface area (Å²) in [6.07, 6.45) is -0.244. The number of pyridine rings is 1. The van der Waals surface area contributed by atoms with Gasteiger partial charge in [-0.25, -0.2) is 4.79 Å². The van der Waals surface area contributed by atoms with E-state index in [0.717, 1.165) is 5.56 Å². The number of hydrogen-bond donors (Lipinski definition) is 4. The van der Waals surface area contributed by atoms with Crippen LogP contribution in [0.5, 0.6) is 0 Å². The van der Waals surface area contributed by atoms with E-state index in [1.54, 1.807) is 36.4 Å². The molecule has 216 valence electrons. The fourth-order valence-corrected chi connectivity index (χ4v) is 3.52. The highest BCUT2D eigenvalue weighted by molar-refractivity contribution is 5.85. The van der Waals surface area contributed by atoms with Crippen LogP contribution in [0.2, 0.25) is 0 Å². The number of alkyl carbamates (subject to hydrolysis) is 1. The average Bonchev–Trinajstić information content (AvgIpc) is 3.35. The molecular formula is C27H37N7O6. The van der Waals surface area contributed by atoms with Crippen molar-refractivity contribution >= 4 is 23.6 Å².